The lowest BCUT2D eigenvalue weighted by Gasteiger charge is -2.09. The quantitative estimate of drug-likeness (QED) is 0.639. The largest absolute Gasteiger partial charge is 0.467 e. The molecule has 0 aliphatic rings. The Hall–Kier alpha value is -2.43. The van der Waals surface area contributed by atoms with Crippen molar-refractivity contribution in [2.75, 3.05) is 18.2 Å². The van der Waals surface area contributed by atoms with Gasteiger partial charge < -0.3 is 20.2 Å². The van der Waals surface area contributed by atoms with Crippen molar-refractivity contribution in [2.24, 2.45) is 0 Å². The normalized spacial score (nSPS) is 10.1. The van der Waals surface area contributed by atoms with Crippen LogP contribution in [0, 0.1) is 0 Å². The number of esters is 1. The van der Waals surface area contributed by atoms with Crippen LogP contribution in [-0.4, -0.2) is 13.1 Å². The summed E-state index contributed by atoms with van der Waals surface area (Å²) >= 11 is 0. The molecule has 5 nitrogen and oxygen atoms in total. The van der Waals surface area contributed by atoms with E-state index >= 15 is 0 Å². The summed E-state index contributed by atoms with van der Waals surface area (Å²) in [4.78, 5) is 11.4. The van der Waals surface area contributed by atoms with E-state index in [1.165, 1.54) is 7.11 Å². The molecule has 0 saturated carbocycles. The fraction of sp³-hybridized carbons (Fsp3) is 0.154. The topological polar surface area (TPSA) is 77.5 Å². The molecule has 0 fully saturated rings. The van der Waals surface area contributed by atoms with Crippen LogP contribution in [0.4, 0.5) is 11.4 Å². The van der Waals surface area contributed by atoms with Gasteiger partial charge >= 0.3 is 5.97 Å². The van der Waals surface area contributed by atoms with Gasteiger partial charge in [0, 0.05) is 0 Å². The molecule has 0 aliphatic carbocycles. The maximum absolute atomic E-state index is 11.4. The van der Waals surface area contributed by atoms with Gasteiger partial charge in [-0.25, -0.2) is 4.79 Å². The molecule has 0 saturated heterocycles. The number of furan rings is 1. The van der Waals surface area contributed by atoms with E-state index in [0.717, 1.165) is 5.76 Å². The lowest BCUT2D eigenvalue weighted by atomic mass is 10.1. The number of hydrogen-bond donors (Lipinski definition) is 2. The lowest BCUT2D eigenvalue weighted by molar-refractivity contribution is 0.0601. The van der Waals surface area contributed by atoms with Gasteiger partial charge in [-0.2, -0.15) is 0 Å². The summed E-state index contributed by atoms with van der Waals surface area (Å²) in [5.41, 5.74) is 7.52. The van der Waals surface area contributed by atoms with E-state index in [0.29, 0.717) is 23.5 Å². The molecule has 2 aromatic rings. The number of methoxy groups -OCH3 is 1. The Morgan fingerprint density at radius 3 is 2.94 bits per heavy atom. The first-order chi connectivity index (χ1) is 8.70. The van der Waals surface area contributed by atoms with Crippen LogP contribution >= 0.6 is 0 Å². The molecule has 0 spiro atoms. The van der Waals surface area contributed by atoms with E-state index in [1.54, 1.807) is 24.5 Å². The van der Waals surface area contributed by atoms with E-state index in [4.69, 9.17) is 10.2 Å². The predicted molar refractivity (Wildman–Crippen MR) is 68.2 cm³/mol. The Kier molecular flexibility index (Phi) is 3.52. The molecule has 0 aliphatic heterocycles. The highest BCUT2D eigenvalue weighted by Crippen LogP contribution is 2.21. The molecular formula is C13H14N2O3. The Balaban J connectivity index is 2.13. The highest BCUT2D eigenvalue weighted by molar-refractivity contribution is 5.91. The first kappa shape index (κ1) is 12.0. The van der Waals surface area contributed by atoms with Gasteiger partial charge in [0.05, 0.1) is 36.9 Å². The van der Waals surface area contributed by atoms with Crippen molar-refractivity contribution in [3.63, 3.8) is 0 Å². The van der Waals surface area contributed by atoms with Crippen LogP contribution in [0.3, 0.4) is 0 Å². The van der Waals surface area contributed by atoms with Gasteiger partial charge in [-0.15, -0.1) is 0 Å². The number of benzene rings is 1. The second-order valence-corrected chi connectivity index (χ2v) is 3.73. The number of ether oxygens (including phenoxy) is 1. The molecule has 1 aromatic heterocycles. The Bertz CT molecular complexity index is 535. The van der Waals surface area contributed by atoms with Crippen molar-refractivity contribution in [1.29, 1.82) is 0 Å². The minimum Gasteiger partial charge on any atom is -0.467 e. The molecule has 0 radical (unpaired) electrons. The maximum Gasteiger partial charge on any atom is 0.337 e. The Morgan fingerprint density at radius 1 is 1.44 bits per heavy atom. The number of nitrogens with one attached hydrogen (secondary N) is 1. The Morgan fingerprint density at radius 2 is 2.28 bits per heavy atom. The third-order valence-electron chi connectivity index (χ3n) is 2.51. The molecule has 3 N–H and O–H groups in total. The number of nitrogen functional groups attached to an aromatic ring is 1. The van der Waals surface area contributed by atoms with Crippen LogP contribution in [0.25, 0.3) is 0 Å². The number of carbonyl (C=O) groups excluding carboxylic acids is 1. The van der Waals surface area contributed by atoms with Crippen molar-refractivity contribution in [3.8, 4) is 0 Å². The zero-order valence-corrected chi connectivity index (χ0v) is 9.97. The van der Waals surface area contributed by atoms with E-state index in [9.17, 15) is 4.79 Å². The molecule has 0 atom stereocenters. The summed E-state index contributed by atoms with van der Waals surface area (Å²) in [6.07, 6.45) is 1.60. The number of anilines is 2. The van der Waals surface area contributed by atoms with Gasteiger partial charge in [0.25, 0.3) is 0 Å². The van der Waals surface area contributed by atoms with Crippen molar-refractivity contribution in [3.05, 3.63) is 47.9 Å². The summed E-state index contributed by atoms with van der Waals surface area (Å²) in [5.74, 6) is 0.397. The highest BCUT2D eigenvalue weighted by atomic mass is 16.5. The van der Waals surface area contributed by atoms with Crippen molar-refractivity contribution >= 4 is 17.3 Å². The third-order valence-corrected chi connectivity index (χ3v) is 2.51. The van der Waals surface area contributed by atoms with Crippen LogP contribution < -0.4 is 11.1 Å². The summed E-state index contributed by atoms with van der Waals surface area (Å²) in [5, 5.41) is 3.11. The summed E-state index contributed by atoms with van der Waals surface area (Å²) in [6.45, 7) is 0.502. The molecule has 1 heterocycles. The SMILES string of the molecule is COC(=O)c1ccc(N)c(NCc2ccco2)c1. The van der Waals surface area contributed by atoms with Crippen LogP contribution in [-0.2, 0) is 11.3 Å². The molecule has 94 valence electrons. The minimum atomic E-state index is -0.393. The number of carbonyl (C=O) groups is 1. The molecule has 2 rings (SSSR count). The highest BCUT2D eigenvalue weighted by Gasteiger charge is 2.08. The van der Waals surface area contributed by atoms with E-state index in [-0.39, 0.29) is 0 Å². The van der Waals surface area contributed by atoms with E-state index < -0.39 is 5.97 Å². The zero-order chi connectivity index (χ0) is 13.0. The van der Waals surface area contributed by atoms with Crippen molar-refractivity contribution in [1.82, 2.24) is 0 Å². The smallest absolute Gasteiger partial charge is 0.337 e. The van der Waals surface area contributed by atoms with Crippen LogP contribution in [0.15, 0.2) is 41.0 Å². The van der Waals surface area contributed by atoms with Crippen molar-refractivity contribution < 1.29 is 13.9 Å². The summed E-state index contributed by atoms with van der Waals surface area (Å²) < 4.78 is 9.85. The van der Waals surface area contributed by atoms with E-state index in [2.05, 4.69) is 10.1 Å². The molecule has 18 heavy (non-hydrogen) atoms. The van der Waals surface area contributed by atoms with Crippen LogP contribution in [0.1, 0.15) is 16.1 Å². The maximum atomic E-state index is 11.4. The van der Waals surface area contributed by atoms with Gasteiger partial charge in [-0.05, 0) is 30.3 Å². The second-order valence-electron chi connectivity index (χ2n) is 3.73. The standard InChI is InChI=1S/C13H14N2O3/c1-17-13(16)9-4-5-11(14)12(7-9)15-8-10-3-2-6-18-10/h2-7,15H,8,14H2,1H3. The molecule has 0 amide bonds. The lowest BCUT2D eigenvalue weighted by Crippen LogP contribution is -2.06. The number of nitrogens with two attached hydrogens (primary N) is 1. The predicted octanol–water partition coefficient (Wildman–Crippen LogP) is 2.26. The fourth-order valence-corrected chi connectivity index (χ4v) is 1.55. The van der Waals surface area contributed by atoms with Crippen LogP contribution in [0.5, 0.6) is 0 Å². The molecular weight excluding hydrogens is 232 g/mol. The minimum absolute atomic E-state index is 0.393. The average Bonchev–Trinajstić information content (AvgIpc) is 2.90. The zero-order valence-electron chi connectivity index (χ0n) is 9.97. The van der Waals surface area contributed by atoms with Crippen molar-refractivity contribution in [2.45, 2.75) is 6.54 Å². The molecule has 0 bridgehead atoms. The van der Waals surface area contributed by atoms with Gasteiger partial charge in [-0.1, -0.05) is 0 Å². The van der Waals surface area contributed by atoms with E-state index in [1.807, 2.05) is 12.1 Å². The number of hydrogen-bond acceptors (Lipinski definition) is 5. The first-order valence-corrected chi connectivity index (χ1v) is 5.45. The summed E-state index contributed by atoms with van der Waals surface area (Å²) in [7, 11) is 1.34. The summed E-state index contributed by atoms with van der Waals surface area (Å²) in [6, 6.07) is 8.61. The number of rotatable bonds is 4. The van der Waals surface area contributed by atoms with Gasteiger partial charge in [0.2, 0.25) is 0 Å². The van der Waals surface area contributed by atoms with Gasteiger partial charge in [0.1, 0.15) is 5.76 Å². The fourth-order valence-electron chi connectivity index (χ4n) is 1.55. The molecule has 1 aromatic carbocycles. The molecule has 0 unspecified atom stereocenters. The molecule has 5 heteroatoms. The average molecular weight is 246 g/mol. The third kappa shape index (κ3) is 2.63. The van der Waals surface area contributed by atoms with Gasteiger partial charge in [-0.3, -0.25) is 0 Å². The monoisotopic (exact) mass is 246 g/mol. The second kappa shape index (κ2) is 5.27. The Labute approximate surface area is 105 Å². The van der Waals surface area contributed by atoms with Crippen LogP contribution in [0.2, 0.25) is 0 Å². The first-order valence-electron chi connectivity index (χ1n) is 5.45. The van der Waals surface area contributed by atoms with Gasteiger partial charge in [0.15, 0.2) is 0 Å².